The van der Waals surface area contributed by atoms with Gasteiger partial charge in [0.05, 0.1) is 0 Å². The highest BCUT2D eigenvalue weighted by Gasteiger charge is 2.44. The fourth-order valence-electron chi connectivity index (χ4n) is 2.52. The first-order chi connectivity index (χ1) is 6.59. The number of carbonyl (C=O) groups is 2. The quantitative estimate of drug-likeness (QED) is 0.625. The van der Waals surface area contributed by atoms with Gasteiger partial charge in [-0.05, 0) is 25.2 Å². The Labute approximate surface area is 84.5 Å². The molecule has 2 unspecified atom stereocenters. The molecule has 0 spiro atoms. The predicted octanol–water partition coefficient (Wildman–Crippen LogP) is 1.43. The maximum absolute atomic E-state index is 11.8. The van der Waals surface area contributed by atoms with Gasteiger partial charge in [-0.2, -0.15) is 0 Å². The molecule has 3 nitrogen and oxygen atoms in total. The van der Waals surface area contributed by atoms with E-state index in [0.29, 0.717) is 12.5 Å². The highest BCUT2D eigenvalue weighted by Crippen LogP contribution is 2.38. The van der Waals surface area contributed by atoms with Gasteiger partial charge in [-0.3, -0.25) is 14.5 Å². The van der Waals surface area contributed by atoms with Gasteiger partial charge < -0.3 is 0 Å². The molecule has 0 aromatic rings. The minimum absolute atomic E-state index is 0.0810. The van der Waals surface area contributed by atoms with Gasteiger partial charge in [-0.25, -0.2) is 0 Å². The van der Waals surface area contributed by atoms with E-state index in [1.54, 1.807) is 0 Å². The molecule has 3 heteroatoms. The van der Waals surface area contributed by atoms with E-state index in [-0.39, 0.29) is 23.7 Å². The van der Waals surface area contributed by atoms with Gasteiger partial charge in [-0.15, -0.1) is 0 Å². The number of fused-ring (bicyclic) bond motifs is 2. The topological polar surface area (TPSA) is 37.4 Å². The lowest BCUT2D eigenvalue weighted by Crippen LogP contribution is -2.47. The predicted molar refractivity (Wildman–Crippen MR) is 52.4 cm³/mol. The van der Waals surface area contributed by atoms with E-state index in [1.165, 1.54) is 4.90 Å². The second-order valence-corrected chi connectivity index (χ2v) is 4.89. The molecule has 2 rings (SSSR count). The monoisotopic (exact) mass is 195 g/mol. The third-order valence-electron chi connectivity index (χ3n) is 3.21. The van der Waals surface area contributed by atoms with Crippen LogP contribution < -0.4 is 0 Å². The number of likely N-dealkylation sites (tertiary alicyclic amines) is 1. The highest BCUT2D eigenvalue weighted by atomic mass is 16.2. The molecule has 2 atom stereocenters. The maximum Gasteiger partial charge on any atom is 0.232 e. The average Bonchev–Trinajstić information content (AvgIpc) is 2.55. The third-order valence-corrected chi connectivity index (χ3v) is 3.21. The minimum atomic E-state index is 0.0810. The van der Waals surface area contributed by atoms with E-state index in [4.69, 9.17) is 0 Å². The number of carbonyl (C=O) groups excluding carboxylic acids is 2. The molecule has 1 aliphatic carbocycles. The van der Waals surface area contributed by atoms with Crippen LogP contribution in [0.5, 0.6) is 0 Å². The fraction of sp³-hybridized carbons (Fsp3) is 0.818. The highest BCUT2D eigenvalue weighted by molar-refractivity contribution is 6.00. The summed E-state index contributed by atoms with van der Waals surface area (Å²) >= 11 is 0. The van der Waals surface area contributed by atoms with Crippen molar-refractivity contribution >= 4 is 11.8 Å². The van der Waals surface area contributed by atoms with E-state index >= 15 is 0 Å². The van der Waals surface area contributed by atoms with Gasteiger partial charge in [-0.1, -0.05) is 13.8 Å². The van der Waals surface area contributed by atoms with Crippen molar-refractivity contribution < 1.29 is 9.59 Å². The molecule has 0 radical (unpaired) electrons. The Morgan fingerprint density at radius 1 is 1.21 bits per heavy atom. The van der Waals surface area contributed by atoms with Crippen molar-refractivity contribution in [2.45, 2.75) is 33.1 Å². The Bertz CT molecular complexity index is 250. The first kappa shape index (κ1) is 9.69. The lowest BCUT2D eigenvalue weighted by atomic mass is 9.96. The second kappa shape index (κ2) is 3.37. The summed E-state index contributed by atoms with van der Waals surface area (Å²) in [6.07, 6.45) is 2.65. The van der Waals surface area contributed by atoms with E-state index in [9.17, 15) is 9.59 Å². The molecule has 2 aliphatic rings. The van der Waals surface area contributed by atoms with Crippen LogP contribution in [0, 0.1) is 17.8 Å². The number of nitrogens with zero attached hydrogens (tertiary/aromatic N) is 1. The number of hydrogen-bond donors (Lipinski definition) is 0. The number of hydrogen-bond acceptors (Lipinski definition) is 2. The number of piperidine rings is 1. The van der Waals surface area contributed by atoms with Crippen LogP contribution in [0.3, 0.4) is 0 Å². The lowest BCUT2D eigenvalue weighted by Gasteiger charge is -2.30. The number of imide groups is 1. The molecule has 2 amide bonds. The van der Waals surface area contributed by atoms with E-state index < -0.39 is 0 Å². The summed E-state index contributed by atoms with van der Waals surface area (Å²) in [6.45, 7) is 4.68. The summed E-state index contributed by atoms with van der Waals surface area (Å²) < 4.78 is 0. The van der Waals surface area contributed by atoms with Crippen LogP contribution in [0.1, 0.15) is 33.1 Å². The fourth-order valence-corrected chi connectivity index (χ4v) is 2.52. The molecule has 0 aromatic carbocycles. The van der Waals surface area contributed by atoms with Crippen molar-refractivity contribution in [1.82, 2.24) is 4.90 Å². The Balaban J connectivity index is 2.15. The number of amides is 2. The maximum atomic E-state index is 11.8. The molecule has 14 heavy (non-hydrogen) atoms. The van der Waals surface area contributed by atoms with E-state index in [2.05, 4.69) is 0 Å². The first-order valence-corrected chi connectivity index (χ1v) is 5.44. The molecule has 1 saturated carbocycles. The van der Waals surface area contributed by atoms with Crippen LogP contribution in [0.15, 0.2) is 0 Å². The van der Waals surface area contributed by atoms with Crippen LogP contribution >= 0.6 is 0 Å². The van der Waals surface area contributed by atoms with Gasteiger partial charge in [0.2, 0.25) is 11.8 Å². The molecular formula is C11H17NO2. The molecule has 1 aliphatic heterocycles. The molecule has 0 N–H and O–H groups in total. The van der Waals surface area contributed by atoms with Crippen molar-refractivity contribution in [3.8, 4) is 0 Å². The van der Waals surface area contributed by atoms with Gasteiger partial charge in [0, 0.05) is 18.4 Å². The average molecular weight is 195 g/mol. The Morgan fingerprint density at radius 3 is 2.14 bits per heavy atom. The summed E-state index contributed by atoms with van der Waals surface area (Å²) in [6, 6.07) is 0. The number of rotatable bonds is 2. The van der Waals surface area contributed by atoms with Crippen molar-refractivity contribution in [3.63, 3.8) is 0 Å². The zero-order valence-electron chi connectivity index (χ0n) is 8.82. The molecular weight excluding hydrogens is 178 g/mol. The van der Waals surface area contributed by atoms with Gasteiger partial charge in [0.25, 0.3) is 0 Å². The van der Waals surface area contributed by atoms with Crippen LogP contribution in [-0.2, 0) is 9.59 Å². The zero-order valence-corrected chi connectivity index (χ0v) is 8.82. The minimum Gasteiger partial charge on any atom is -0.282 e. The van der Waals surface area contributed by atoms with Crippen LogP contribution in [0.25, 0.3) is 0 Å². The van der Waals surface area contributed by atoms with Crippen molar-refractivity contribution in [1.29, 1.82) is 0 Å². The van der Waals surface area contributed by atoms with Gasteiger partial charge >= 0.3 is 0 Å². The molecule has 2 bridgehead atoms. The van der Waals surface area contributed by atoms with Gasteiger partial charge in [0.15, 0.2) is 0 Å². The largest absolute Gasteiger partial charge is 0.282 e. The molecule has 0 aromatic heterocycles. The Kier molecular flexibility index (Phi) is 2.33. The van der Waals surface area contributed by atoms with E-state index in [0.717, 1.165) is 19.3 Å². The zero-order chi connectivity index (χ0) is 10.3. The second-order valence-electron chi connectivity index (χ2n) is 4.89. The van der Waals surface area contributed by atoms with Crippen molar-refractivity contribution in [2.24, 2.45) is 17.8 Å². The molecule has 2 fully saturated rings. The van der Waals surface area contributed by atoms with Crippen molar-refractivity contribution in [2.75, 3.05) is 6.54 Å². The summed E-state index contributed by atoms with van der Waals surface area (Å²) in [5, 5.41) is 0. The molecule has 1 saturated heterocycles. The summed E-state index contributed by atoms with van der Waals surface area (Å²) in [7, 11) is 0. The first-order valence-electron chi connectivity index (χ1n) is 5.44. The lowest BCUT2D eigenvalue weighted by molar-refractivity contribution is -0.153. The van der Waals surface area contributed by atoms with E-state index in [1.807, 2.05) is 13.8 Å². The van der Waals surface area contributed by atoms with Crippen LogP contribution in [0.4, 0.5) is 0 Å². The smallest absolute Gasteiger partial charge is 0.232 e. The Hall–Kier alpha value is -0.860. The van der Waals surface area contributed by atoms with Crippen molar-refractivity contribution in [3.05, 3.63) is 0 Å². The molecule has 1 heterocycles. The van der Waals surface area contributed by atoms with Gasteiger partial charge in [0.1, 0.15) is 0 Å². The van der Waals surface area contributed by atoms with Crippen LogP contribution in [0.2, 0.25) is 0 Å². The SMILES string of the molecule is CC(C)CN1C(=O)C2CCC(C2)C1=O. The summed E-state index contributed by atoms with van der Waals surface area (Å²) in [5.74, 6) is 0.836. The normalized spacial score (nSPS) is 31.8. The summed E-state index contributed by atoms with van der Waals surface area (Å²) in [5.41, 5.74) is 0. The standard InChI is InChI=1S/C11H17NO2/c1-7(2)6-12-10(13)8-3-4-9(5-8)11(12)14/h7-9H,3-6H2,1-2H3. The summed E-state index contributed by atoms with van der Waals surface area (Å²) in [4.78, 5) is 25.2. The molecule has 78 valence electrons. The third kappa shape index (κ3) is 1.45. The Morgan fingerprint density at radius 2 is 1.71 bits per heavy atom. The van der Waals surface area contributed by atoms with Crippen LogP contribution in [-0.4, -0.2) is 23.3 Å².